The lowest BCUT2D eigenvalue weighted by atomic mass is 10.1. The van der Waals surface area contributed by atoms with Crippen molar-refractivity contribution in [3.63, 3.8) is 0 Å². The van der Waals surface area contributed by atoms with Crippen molar-refractivity contribution in [2.24, 2.45) is 0 Å². The third kappa shape index (κ3) is 3.70. The van der Waals surface area contributed by atoms with Gasteiger partial charge in [0.05, 0.1) is 9.35 Å². The minimum atomic E-state index is -4.69. The van der Waals surface area contributed by atoms with E-state index < -0.39 is 17.6 Å². The number of hydrogen-bond donors (Lipinski definition) is 1. The molecule has 2 aromatic rings. The van der Waals surface area contributed by atoms with Crippen LogP contribution in [0.5, 0.6) is 0 Å². The van der Waals surface area contributed by atoms with Gasteiger partial charge in [0.2, 0.25) is 0 Å². The summed E-state index contributed by atoms with van der Waals surface area (Å²) in [5.74, 6) is -1.27. The minimum absolute atomic E-state index is 0.232. The zero-order valence-corrected chi connectivity index (χ0v) is 11.8. The van der Waals surface area contributed by atoms with Gasteiger partial charge in [-0.3, -0.25) is 0 Å². The Morgan fingerprint density at radius 1 is 1.21 bits per heavy atom. The van der Waals surface area contributed by atoms with Crippen LogP contribution in [0, 0.1) is 5.82 Å². The van der Waals surface area contributed by atoms with Crippen molar-refractivity contribution >= 4 is 33.0 Å². The van der Waals surface area contributed by atoms with E-state index in [4.69, 9.17) is 0 Å². The van der Waals surface area contributed by atoms with Crippen LogP contribution in [0.25, 0.3) is 0 Å². The van der Waals surface area contributed by atoms with E-state index in [1.807, 2.05) is 11.4 Å². The Balaban J connectivity index is 2.13. The van der Waals surface area contributed by atoms with Gasteiger partial charge >= 0.3 is 6.18 Å². The first-order chi connectivity index (χ1) is 8.86. The molecule has 1 aromatic heterocycles. The van der Waals surface area contributed by atoms with Crippen LogP contribution in [-0.4, -0.2) is 0 Å². The fourth-order valence-electron chi connectivity index (χ4n) is 1.50. The van der Waals surface area contributed by atoms with Crippen LogP contribution in [0.1, 0.15) is 11.1 Å². The highest BCUT2D eigenvalue weighted by Crippen LogP contribution is 2.33. The summed E-state index contributed by atoms with van der Waals surface area (Å²) >= 11 is 4.78. The molecule has 2 rings (SSSR count). The summed E-state index contributed by atoms with van der Waals surface area (Å²) in [6, 6.07) is 4.74. The second-order valence-corrected chi connectivity index (χ2v) is 6.10. The highest BCUT2D eigenvalue weighted by atomic mass is 79.9. The SMILES string of the molecule is Fc1ccc(NCc2csc(Br)c2)cc1C(F)(F)F. The molecule has 0 bridgehead atoms. The maximum Gasteiger partial charge on any atom is 0.419 e. The van der Waals surface area contributed by atoms with Gasteiger partial charge in [0, 0.05) is 12.2 Å². The molecule has 0 radical (unpaired) electrons. The van der Waals surface area contributed by atoms with Gasteiger partial charge in [-0.05, 0) is 51.1 Å². The molecule has 0 amide bonds. The molecule has 1 heterocycles. The van der Waals surface area contributed by atoms with Crippen LogP contribution in [0.4, 0.5) is 23.2 Å². The Labute approximate surface area is 119 Å². The predicted octanol–water partition coefficient (Wildman–Crippen LogP) is 5.28. The molecule has 0 saturated heterocycles. The number of rotatable bonds is 3. The number of anilines is 1. The summed E-state index contributed by atoms with van der Waals surface area (Å²) in [5.41, 5.74) is -0.0881. The number of halogens is 5. The molecular formula is C12H8BrF4NS. The minimum Gasteiger partial charge on any atom is -0.381 e. The fraction of sp³-hybridized carbons (Fsp3) is 0.167. The Morgan fingerprint density at radius 2 is 1.95 bits per heavy atom. The van der Waals surface area contributed by atoms with Crippen LogP contribution in [0.3, 0.4) is 0 Å². The summed E-state index contributed by atoms with van der Waals surface area (Å²) in [5, 5.41) is 4.71. The van der Waals surface area contributed by atoms with Gasteiger partial charge in [-0.25, -0.2) is 4.39 Å². The van der Waals surface area contributed by atoms with E-state index >= 15 is 0 Å². The maximum atomic E-state index is 13.1. The normalized spacial score (nSPS) is 11.6. The van der Waals surface area contributed by atoms with E-state index in [-0.39, 0.29) is 5.69 Å². The number of thiophene rings is 1. The maximum absolute atomic E-state index is 13.1. The smallest absolute Gasteiger partial charge is 0.381 e. The van der Waals surface area contributed by atoms with E-state index in [1.54, 1.807) is 0 Å². The van der Waals surface area contributed by atoms with Crippen molar-refractivity contribution in [1.29, 1.82) is 0 Å². The van der Waals surface area contributed by atoms with Crippen LogP contribution in [0.15, 0.2) is 33.4 Å². The summed E-state index contributed by atoms with van der Waals surface area (Å²) in [6.07, 6.45) is -4.69. The number of hydrogen-bond acceptors (Lipinski definition) is 2. The second-order valence-electron chi connectivity index (χ2n) is 3.81. The zero-order valence-electron chi connectivity index (χ0n) is 9.39. The molecule has 0 aliphatic rings. The van der Waals surface area contributed by atoms with Gasteiger partial charge in [-0.15, -0.1) is 11.3 Å². The average Bonchev–Trinajstić information content (AvgIpc) is 2.72. The molecule has 19 heavy (non-hydrogen) atoms. The molecule has 0 saturated carbocycles. The van der Waals surface area contributed by atoms with Gasteiger partial charge in [0.25, 0.3) is 0 Å². The lowest BCUT2D eigenvalue weighted by Crippen LogP contribution is -2.09. The molecule has 1 nitrogen and oxygen atoms in total. The zero-order chi connectivity index (χ0) is 14.0. The molecule has 0 spiro atoms. The lowest BCUT2D eigenvalue weighted by Gasteiger charge is -2.11. The first-order valence-electron chi connectivity index (χ1n) is 5.20. The molecule has 1 N–H and O–H groups in total. The molecule has 0 aliphatic carbocycles. The molecular weight excluding hydrogens is 346 g/mol. The number of benzene rings is 1. The third-order valence-electron chi connectivity index (χ3n) is 2.39. The molecule has 7 heteroatoms. The van der Waals surface area contributed by atoms with Crippen molar-refractivity contribution < 1.29 is 17.6 Å². The van der Waals surface area contributed by atoms with Gasteiger partial charge in [-0.1, -0.05) is 0 Å². The Kier molecular flexibility index (Phi) is 4.15. The third-order valence-corrected chi connectivity index (χ3v) is 3.94. The molecule has 1 aromatic carbocycles. The van der Waals surface area contributed by atoms with Crippen molar-refractivity contribution in [3.05, 3.63) is 50.4 Å². The lowest BCUT2D eigenvalue weighted by molar-refractivity contribution is -0.139. The first-order valence-corrected chi connectivity index (χ1v) is 6.87. The van der Waals surface area contributed by atoms with Crippen molar-refractivity contribution in [2.75, 3.05) is 5.32 Å². The molecule has 0 fully saturated rings. The van der Waals surface area contributed by atoms with E-state index in [1.165, 1.54) is 17.4 Å². The van der Waals surface area contributed by atoms with E-state index in [2.05, 4.69) is 21.2 Å². The monoisotopic (exact) mass is 353 g/mol. The largest absolute Gasteiger partial charge is 0.419 e. The first kappa shape index (κ1) is 14.3. The van der Waals surface area contributed by atoms with Gasteiger partial charge in [-0.2, -0.15) is 13.2 Å². The van der Waals surface area contributed by atoms with Gasteiger partial charge < -0.3 is 5.32 Å². The highest BCUT2D eigenvalue weighted by Gasteiger charge is 2.34. The molecule has 102 valence electrons. The summed E-state index contributed by atoms with van der Waals surface area (Å²) in [6.45, 7) is 0.380. The van der Waals surface area contributed by atoms with Crippen LogP contribution in [-0.2, 0) is 12.7 Å². The Hall–Kier alpha value is -1.08. The Morgan fingerprint density at radius 3 is 2.53 bits per heavy atom. The van der Waals surface area contributed by atoms with Crippen molar-refractivity contribution in [1.82, 2.24) is 0 Å². The summed E-state index contributed by atoms with van der Waals surface area (Å²) in [7, 11) is 0. The number of nitrogens with one attached hydrogen (secondary N) is 1. The van der Waals surface area contributed by atoms with Crippen molar-refractivity contribution in [2.45, 2.75) is 12.7 Å². The average molecular weight is 354 g/mol. The van der Waals surface area contributed by atoms with Crippen LogP contribution < -0.4 is 5.32 Å². The topological polar surface area (TPSA) is 12.0 Å². The van der Waals surface area contributed by atoms with Crippen molar-refractivity contribution in [3.8, 4) is 0 Å². The molecule has 0 unspecified atom stereocenters. The summed E-state index contributed by atoms with van der Waals surface area (Å²) in [4.78, 5) is 0. The van der Waals surface area contributed by atoms with Gasteiger partial charge in [0.15, 0.2) is 0 Å². The van der Waals surface area contributed by atoms with E-state index in [9.17, 15) is 17.6 Å². The fourth-order valence-corrected chi connectivity index (χ4v) is 2.70. The van der Waals surface area contributed by atoms with Gasteiger partial charge in [0.1, 0.15) is 5.82 Å². The molecule has 0 atom stereocenters. The summed E-state index contributed by atoms with van der Waals surface area (Å²) < 4.78 is 51.6. The van der Waals surface area contributed by atoms with Crippen LogP contribution >= 0.6 is 27.3 Å². The highest BCUT2D eigenvalue weighted by molar-refractivity contribution is 9.11. The van der Waals surface area contributed by atoms with Crippen LogP contribution in [0.2, 0.25) is 0 Å². The standard InChI is InChI=1S/C12H8BrF4NS/c13-11-3-7(6-19-11)5-18-8-1-2-10(14)9(4-8)12(15,16)17/h1-4,6,18H,5H2. The predicted molar refractivity (Wildman–Crippen MR) is 70.7 cm³/mol. The Bertz CT molecular complexity index is 579. The van der Waals surface area contributed by atoms with E-state index in [0.29, 0.717) is 6.54 Å². The second kappa shape index (κ2) is 5.50. The molecule has 0 aliphatic heterocycles. The quantitative estimate of drug-likeness (QED) is 0.740. The van der Waals surface area contributed by atoms with E-state index in [0.717, 1.165) is 21.5 Å². The number of alkyl halides is 3.